The highest BCUT2D eigenvalue weighted by Gasteiger charge is 2.52. The Hall–Kier alpha value is -6.32. The molecule has 0 bridgehead atoms. The minimum absolute atomic E-state index is 0.424. The summed E-state index contributed by atoms with van der Waals surface area (Å²) in [7, 11) is 2.46. The van der Waals surface area contributed by atoms with Crippen LogP contribution in [0.15, 0.2) is 164 Å². The lowest BCUT2D eigenvalue weighted by atomic mass is 9.54. The molecule has 1 radical (unpaired) electrons. The molecule has 1 N–H and O–H groups in total. The van der Waals surface area contributed by atoms with Gasteiger partial charge in [0, 0.05) is 33.2 Å². The molecular weight excluding hydrogens is 603 g/mol. The van der Waals surface area contributed by atoms with Gasteiger partial charge in [0.1, 0.15) is 0 Å². The fourth-order valence-corrected chi connectivity index (χ4v) is 9.75. The van der Waals surface area contributed by atoms with Gasteiger partial charge in [-0.05, 0) is 73.4 Å². The van der Waals surface area contributed by atoms with E-state index in [2.05, 4.69) is 181 Å². The molecule has 0 saturated carbocycles. The molecule has 9 aromatic rings. The summed E-state index contributed by atoms with van der Waals surface area (Å²) >= 11 is 0. The van der Waals surface area contributed by atoms with Gasteiger partial charge in [0.15, 0.2) is 7.28 Å². The number of hydrogen-bond acceptors (Lipinski definition) is 1. The van der Waals surface area contributed by atoms with E-state index < -0.39 is 5.41 Å². The fourth-order valence-electron chi connectivity index (χ4n) is 9.75. The summed E-state index contributed by atoms with van der Waals surface area (Å²) in [6, 6.07) is 60.9. The van der Waals surface area contributed by atoms with E-state index in [1.165, 1.54) is 99.6 Å². The molecule has 0 amide bonds. The van der Waals surface area contributed by atoms with Crippen molar-refractivity contribution in [1.29, 1.82) is 0 Å². The fraction of sp³-hybridized carbons (Fsp3) is 0.0213. The lowest BCUT2D eigenvalue weighted by Crippen LogP contribution is -2.47. The third-order valence-corrected chi connectivity index (χ3v) is 11.6. The molecule has 12 rings (SSSR count). The molecular formula is C47H28BN2. The molecule has 2 nitrogen and oxygen atoms in total. The predicted octanol–water partition coefficient (Wildman–Crippen LogP) is 10.3. The molecule has 229 valence electrons. The smallest absolute Gasteiger partial charge is 0.197 e. The zero-order chi connectivity index (χ0) is 32.6. The summed E-state index contributed by atoms with van der Waals surface area (Å²) in [5.41, 5.74) is 18.6. The van der Waals surface area contributed by atoms with E-state index in [1.807, 2.05) is 0 Å². The SMILES string of the molecule is [B]1c2cccc3c2N(c2ccccc2C32c3ccccc3-c3ccccc32)c2cc3ccccc3c(-c3cccc4c3[nH]c3ccccc34)c21. The summed E-state index contributed by atoms with van der Waals surface area (Å²) < 4.78 is 0. The Morgan fingerprint density at radius 1 is 0.480 bits per heavy atom. The number of H-pyrrole nitrogens is 1. The second-order valence-corrected chi connectivity index (χ2v) is 13.9. The molecule has 3 heteroatoms. The molecule has 2 aliphatic heterocycles. The van der Waals surface area contributed by atoms with Crippen molar-refractivity contribution in [3.05, 3.63) is 186 Å². The van der Waals surface area contributed by atoms with Crippen LogP contribution in [0, 0.1) is 0 Å². The first-order valence-electron chi connectivity index (χ1n) is 17.5. The third kappa shape index (κ3) is 3.12. The van der Waals surface area contributed by atoms with Crippen LogP contribution in [0.2, 0.25) is 0 Å². The number of aromatic amines is 1. The Balaban J connectivity index is 1.21. The number of rotatable bonds is 1. The Kier molecular flexibility index (Phi) is 5.02. The van der Waals surface area contributed by atoms with Crippen LogP contribution in [0.4, 0.5) is 17.1 Å². The lowest BCUT2D eigenvalue weighted by Gasteiger charge is -2.48. The maximum atomic E-state index is 3.82. The Bertz CT molecular complexity index is 2890. The van der Waals surface area contributed by atoms with Gasteiger partial charge < -0.3 is 9.88 Å². The molecule has 0 fully saturated rings. The highest BCUT2D eigenvalue weighted by atomic mass is 15.2. The number of aromatic nitrogens is 1. The quantitative estimate of drug-likeness (QED) is 0.179. The van der Waals surface area contributed by atoms with E-state index in [9.17, 15) is 0 Å². The van der Waals surface area contributed by atoms with E-state index >= 15 is 0 Å². The number of anilines is 3. The van der Waals surface area contributed by atoms with Gasteiger partial charge in [-0.1, -0.05) is 151 Å². The van der Waals surface area contributed by atoms with Crippen molar-refractivity contribution in [1.82, 2.24) is 4.98 Å². The normalized spacial score (nSPS) is 14.3. The Morgan fingerprint density at radius 2 is 1.10 bits per heavy atom. The molecule has 50 heavy (non-hydrogen) atoms. The van der Waals surface area contributed by atoms with Crippen molar-refractivity contribution in [3.63, 3.8) is 0 Å². The van der Waals surface area contributed by atoms with Gasteiger partial charge in [0.05, 0.1) is 16.6 Å². The standard InChI is InChI=1S/C47H28BN2/c1-2-14-29-28(13-1)27-42-44(43(29)34-19-11-18-33-32-17-5-9-25-40(32)49-45(33)34)48-39-24-12-23-38-46(39)50(42)41-26-10-8-22-37(41)47(38)35-20-6-3-15-30(35)31-16-4-7-21-36(31)47/h1-27,49H. The molecule has 3 heterocycles. The molecule has 1 aliphatic carbocycles. The first-order chi connectivity index (χ1) is 24.8. The largest absolute Gasteiger partial charge is 0.354 e. The molecule has 0 atom stereocenters. The van der Waals surface area contributed by atoms with E-state index in [0.717, 1.165) is 5.52 Å². The second-order valence-electron chi connectivity index (χ2n) is 13.9. The lowest BCUT2D eigenvalue weighted by molar-refractivity contribution is 0.754. The van der Waals surface area contributed by atoms with Crippen LogP contribution in [0.3, 0.4) is 0 Å². The van der Waals surface area contributed by atoms with Crippen molar-refractivity contribution < 1.29 is 0 Å². The van der Waals surface area contributed by atoms with Gasteiger partial charge in [-0.15, -0.1) is 0 Å². The maximum absolute atomic E-state index is 3.82. The number of hydrogen-bond donors (Lipinski definition) is 1. The van der Waals surface area contributed by atoms with Gasteiger partial charge in [0.25, 0.3) is 0 Å². The van der Waals surface area contributed by atoms with Gasteiger partial charge in [-0.2, -0.15) is 0 Å². The van der Waals surface area contributed by atoms with E-state index in [1.54, 1.807) is 0 Å². The van der Waals surface area contributed by atoms with Crippen LogP contribution in [0.1, 0.15) is 22.3 Å². The Labute approximate surface area is 290 Å². The monoisotopic (exact) mass is 631 g/mol. The zero-order valence-electron chi connectivity index (χ0n) is 27.1. The van der Waals surface area contributed by atoms with Crippen molar-refractivity contribution in [2.75, 3.05) is 4.90 Å². The van der Waals surface area contributed by atoms with Crippen LogP contribution in [0.25, 0.3) is 54.8 Å². The predicted molar refractivity (Wildman–Crippen MR) is 209 cm³/mol. The highest BCUT2D eigenvalue weighted by molar-refractivity contribution is 6.74. The number of nitrogens with zero attached hydrogens (tertiary/aromatic N) is 1. The third-order valence-electron chi connectivity index (χ3n) is 11.6. The van der Waals surface area contributed by atoms with Crippen molar-refractivity contribution in [2.24, 2.45) is 0 Å². The Morgan fingerprint density at radius 3 is 1.94 bits per heavy atom. The van der Waals surface area contributed by atoms with Gasteiger partial charge >= 0.3 is 0 Å². The van der Waals surface area contributed by atoms with E-state index in [0.29, 0.717) is 0 Å². The second kappa shape index (κ2) is 9.43. The molecule has 1 spiro atoms. The summed E-state index contributed by atoms with van der Waals surface area (Å²) in [5, 5.41) is 5.00. The van der Waals surface area contributed by atoms with Crippen LogP contribution < -0.4 is 15.8 Å². The van der Waals surface area contributed by atoms with Crippen molar-refractivity contribution in [2.45, 2.75) is 5.41 Å². The van der Waals surface area contributed by atoms with Crippen LogP contribution in [-0.4, -0.2) is 12.3 Å². The highest BCUT2D eigenvalue weighted by Crippen LogP contribution is 2.63. The van der Waals surface area contributed by atoms with Crippen LogP contribution in [-0.2, 0) is 5.41 Å². The average molecular weight is 632 g/mol. The minimum atomic E-state index is -0.424. The first kappa shape index (κ1) is 26.6. The van der Waals surface area contributed by atoms with Crippen molar-refractivity contribution in [3.8, 4) is 22.3 Å². The van der Waals surface area contributed by atoms with E-state index in [-0.39, 0.29) is 0 Å². The van der Waals surface area contributed by atoms with Crippen molar-refractivity contribution >= 4 is 67.8 Å². The molecule has 3 aliphatic rings. The van der Waals surface area contributed by atoms with Gasteiger partial charge in [0.2, 0.25) is 0 Å². The minimum Gasteiger partial charge on any atom is -0.354 e. The van der Waals surface area contributed by atoms with E-state index in [4.69, 9.17) is 0 Å². The van der Waals surface area contributed by atoms with Gasteiger partial charge in [-0.25, -0.2) is 0 Å². The number of nitrogens with one attached hydrogen (secondary N) is 1. The molecule has 1 aromatic heterocycles. The molecule has 0 saturated heterocycles. The number of para-hydroxylation sites is 4. The summed E-state index contributed by atoms with van der Waals surface area (Å²) in [4.78, 5) is 6.40. The number of fused-ring (bicyclic) bond motifs is 15. The van der Waals surface area contributed by atoms with Crippen LogP contribution in [0.5, 0.6) is 0 Å². The maximum Gasteiger partial charge on any atom is 0.197 e. The first-order valence-corrected chi connectivity index (χ1v) is 17.5. The number of benzene rings is 8. The zero-order valence-corrected chi connectivity index (χ0v) is 27.1. The molecule has 0 unspecified atom stereocenters. The average Bonchev–Trinajstić information content (AvgIpc) is 3.70. The van der Waals surface area contributed by atoms with Crippen LogP contribution >= 0.6 is 0 Å². The summed E-state index contributed by atoms with van der Waals surface area (Å²) in [5.74, 6) is 0. The van der Waals surface area contributed by atoms with Gasteiger partial charge in [-0.3, -0.25) is 0 Å². The molecule has 8 aromatic carbocycles. The topological polar surface area (TPSA) is 19.0 Å². The summed E-state index contributed by atoms with van der Waals surface area (Å²) in [6.07, 6.45) is 0. The summed E-state index contributed by atoms with van der Waals surface area (Å²) in [6.45, 7) is 0.